The fourth-order valence-electron chi connectivity index (χ4n) is 3.77. The highest BCUT2D eigenvalue weighted by Crippen LogP contribution is 2.45. The lowest BCUT2D eigenvalue weighted by atomic mass is 9.98. The molecule has 0 aliphatic heterocycles. The third-order valence-corrected chi connectivity index (χ3v) is 5.20. The Morgan fingerprint density at radius 1 is 1.33 bits per heavy atom. The number of furan rings is 1. The summed E-state index contributed by atoms with van der Waals surface area (Å²) in [5.74, 6) is 0.940. The van der Waals surface area contributed by atoms with Crippen LogP contribution in [0.25, 0.3) is 22.6 Å². The molecule has 4 rings (SSSR count). The molecule has 1 aromatic carbocycles. The van der Waals surface area contributed by atoms with Gasteiger partial charge in [-0.25, -0.2) is 4.98 Å². The molecule has 0 spiro atoms. The number of carbonyl (C=O) groups is 1. The number of nitrogens with one attached hydrogen (secondary N) is 1. The van der Waals surface area contributed by atoms with E-state index >= 15 is 0 Å². The molecule has 0 fully saturated rings. The van der Waals surface area contributed by atoms with Crippen LogP contribution in [0, 0.1) is 11.3 Å². The number of hydrogen-bond donors (Lipinski definition) is 3. The molecule has 30 heavy (non-hydrogen) atoms. The molecule has 1 aliphatic carbocycles. The molecular formula is C23H21N3O4. The van der Waals surface area contributed by atoms with Crippen molar-refractivity contribution in [1.29, 1.82) is 5.26 Å². The minimum absolute atomic E-state index is 0.150. The Balaban J connectivity index is 1.91. The van der Waals surface area contributed by atoms with Gasteiger partial charge in [0, 0.05) is 24.0 Å². The van der Waals surface area contributed by atoms with E-state index in [0.29, 0.717) is 35.6 Å². The van der Waals surface area contributed by atoms with Crippen LogP contribution in [0.4, 0.5) is 5.82 Å². The van der Waals surface area contributed by atoms with Crippen LogP contribution in [0.3, 0.4) is 0 Å². The van der Waals surface area contributed by atoms with Gasteiger partial charge in [0.25, 0.3) is 0 Å². The summed E-state index contributed by atoms with van der Waals surface area (Å²) >= 11 is 0. The predicted molar refractivity (Wildman–Crippen MR) is 111 cm³/mol. The molecule has 7 nitrogen and oxygen atoms in total. The second kappa shape index (κ2) is 8.01. The number of phenolic OH excluding ortho intramolecular Hbond substituents is 1. The molecule has 0 saturated heterocycles. The van der Waals surface area contributed by atoms with Gasteiger partial charge in [-0.15, -0.1) is 0 Å². The number of anilines is 1. The Morgan fingerprint density at radius 3 is 2.87 bits per heavy atom. The molecule has 1 aliphatic rings. The first-order valence-electron chi connectivity index (χ1n) is 9.84. The van der Waals surface area contributed by atoms with Gasteiger partial charge in [-0.05, 0) is 47.9 Å². The van der Waals surface area contributed by atoms with Crippen LogP contribution in [-0.4, -0.2) is 21.1 Å². The largest absolute Gasteiger partial charge is 0.508 e. The van der Waals surface area contributed by atoms with Crippen molar-refractivity contribution in [2.24, 2.45) is 0 Å². The molecule has 0 atom stereocenters. The molecule has 3 N–H and O–H groups in total. The van der Waals surface area contributed by atoms with Gasteiger partial charge in [0.15, 0.2) is 5.82 Å². The predicted octanol–water partition coefficient (Wildman–Crippen LogP) is 4.11. The van der Waals surface area contributed by atoms with Crippen molar-refractivity contribution in [2.75, 3.05) is 5.32 Å². The summed E-state index contributed by atoms with van der Waals surface area (Å²) in [4.78, 5) is 17.0. The van der Waals surface area contributed by atoms with E-state index in [-0.39, 0.29) is 29.6 Å². The van der Waals surface area contributed by atoms with E-state index in [1.807, 2.05) is 6.92 Å². The van der Waals surface area contributed by atoms with Crippen LogP contribution in [0.1, 0.15) is 48.6 Å². The van der Waals surface area contributed by atoms with E-state index in [1.165, 1.54) is 0 Å². The smallest absolute Gasteiger partial charge is 0.225 e. The number of rotatable bonds is 6. The number of aromatic hydroxyl groups is 1. The van der Waals surface area contributed by atoms with Crippen molar-refractivity contribution in [2.45, 2.75) is 39.2 Å². The average molecular weight is 403 g/mol. The standard InChI is InChI=1S/C23H21N3O4/c1-2-3-4-20(29)25-23-18(11-24)21(19-8-6-15(12-27)30-19)17-10-13-9-14(28)5-7-16(13)22(17)26-23/h5-9,27-28H,2-4,10,12H2,1H3,(H,25,26,29). The zero-order valence-corrected chi connectivity index (χ0v) is 16.5. The number of nitrogens with zero attached hydrogens (tertiary/aromatic N) is 2. The molecule has 0 unspecified atom stereocenters. The normalized spacial score (nSPS) is 11.6. The van der Waals surface area contributed by atoms with Gasteiger partial charge in [-0.2, -0.15) is 5.26 Å². The first kappa shape index (κ1) is 19.7. The van der Waals surface area contributed by atoms with Gasteiger partial charge in [-0.3, -0.25) is 4.79 Å². The van der Waals surface area contributed by atoms with Crippen molar-refractivity contribution in [3.05, 3.63) is 52.8 Å². The summed E-state index contributed by atoms with van der Waals surface area (Å²) < 4.78 is 5.74. The number of pyridine rings is 1. The van der Waals surface area contributed by atoms with Crippen molar-refractivity contribution >= 4 is 11.7 Å². The lowest BCUT2D eigenvalue weighted by molar-refractivity contribution is -0.116. The van der Waals surface area contributed by atoms with Gasteiger partial charge < -0.3 is 19.9 Å². The van der Waals surface area contributed by atoms with E-state index in [0.717, 1.165) is 29.5 Å². The zero-order valence-electron chi connectivity index (χ0n) is 16.5. The van der Waals surface area contributed by atoms with E-state index in [2.05, 4.69) is 16.4 Å². The highest BCUT2D eigenvalue weighted by atomic mass is 16.4. The Hall–Kier alpha value is -3.63. The molecule has 0 radical (unpaired) electrons. The molecule has 2 aromatic heterocycles. The number of carbonyl (C=O) groups excluding carboxylic acids is 1. The fraction of sp³-hybridized carbons (Fsp3) is 0.261. The Morgan fingerprint density at radius 2 is 2.17 bits per heavy atom. The minimum atomic E-state index is -0.260. The molecule has 2 heterocycles. The number of amides is 1. The van der Waals surface area contributed by atoms with Crippen molar-refractivity contribution in [1.82, 2.24) is 4.98 Å². The van der Waals surface area contributed by atoms with Gasteiger partial charge in [0.2, 0.25) is 5.91 Å². The lowest BCUT2D eigenvalue weighted by Crippen LogP contribution is -2.14. The first-order valence-corrected chi connectivity index (χ1v) is 9.84. The van der Waals surface area contributed by atoms with Crippen molar-refractivity contribution < 1.29 is 19.4 Å². The van der Waals surface area contributed by atoms with E-state index < -0.39 is 0 Å². The van der Waals surface area contributed by atoms with Crippen LogP contribution in [0.5, 0.6) is 5.75 Å². The summed E-state index contributed by atoms with van der Waals surface area (Å²) in [5, 5.41) is 32.0. The topological polar surface area (TPSA) is 119 Å². The van der Waals surface area contributed by atoms with Gasteiger partial charge in [0.1, 0.15) is 35.5 Å². The molecule has 0 bridgehead atoms. The molecule has 152 valence electrons. The van der Waals surface area contributed by atoms with Crippen LogP contribution in [0.2, 0.25) is 0 Å². The van der Waals surface area contributed by atoms with Crippen LogP contribution in [-0.2, 0) is 17.8 Å². The number of hydrogen-bond acceptors (Lipinski definition) is 6. The van der Waals surface area contributed by atoms with Crippen LogP contribution >= 0.6 is 0 Å². The van der Waals surface area contributed by atoms with Crippen molar-refractivity contribution in [3.63, 3.8) is 0 Å². The SMILES string of the molecule is CCCCC(=O)Nc1nc2c(c(-c3ccc(CO)o3)c1C#N)Cc1cc(O)ccc1-2. The lowest BCUT2D eigenvalue weighted by Gasteiger charge is -2.14. The van der Waals surface area contributed by atoms with Gasteiger partial charge in [-0.1, -0.05) is 13.3 Å². The molecule has 0 saturated carbocycles. The Labute approximate surface area is 173 Å². The molecule has 3 aromatic rings. The summed E-state index contributed by atoms with van der Waals surface area (Å²) in [6.45, 7) is 1.74. The third-order valence-electron chi connectivity index (χ3n) is 5.20. The maximum absolute atomic E-state index is 12.4. The second-order valence-corrected chi connectivity index (χ2v) is 7.24. The van der Waals surface area contributed by atoms with E-state index in [4.69, 9.17) is 4.42 Å². The number of unbranched alkanes of at least 4 members (excludes halogenated alkanes) is 1. The number of benzene rings is 1. The fourth-order valence-corrected chi connectivity index (χ4v) is 3.77. The second-order valence-electron chi connectivity index (χ2n) is 7.24. The quantitative estimate of drug-likeness (QED) is 0.446. The van der Waals surface area contributed by atoms with Crippen LogP contribution in [0.15, 0.2) is 34.7 Å². The number of aromatic nitrogens is 1. The molecule has 7 heteroatoms. The highest BCUT2D eigenvalue weighted by Gasteiger charge is 2.30. The first-order chi connectivity index (χ1) is 14.5. The number of aliphatic hydroxyl groups is 1. The molecular weight excluding hydrogens is 382 g/mol. The summed E-state index contributed by atoms with van der Waals surface area (Å²) in [6.07, 6.45) is 2.44. The van der Waals surface area contributed by atoms with Crippen molar-refractivity contribution in [3.8, 4) is 34.4 Å². The maximum Gasteiger partial charge on any atom is 0.225 e. The van der Waals surface area contributed by atoms with E-state index in [1.54, 1.807) is 30.3 Å². The summed E-state index contributed by atoms with van der Waals surface area (Å²) in [5.41, 5.74) is 3.92. The Kier molecular flexibility index (Phi) is 5.25. The summed E-state index contributed by atoms with van der Waals surface area (Å²) in [6, 6.07) is 10.6. The van der Waals surface area contributed by atoms with Gasteiger partial charge in [0.05, 0.1) is 5.69 Å². The number of fused-ring (bicyclic) bond motifs is 3. The molecule has 1 amide bonds. The minimum Gasteiger partial charge on any atom is -0.508 e. The number of aliphatic hydroxyl groups excluding tert-OH is 1. The van der Waals surface area contributed by atoms with E-state index in [9.17, 15) is 20.3 Å². The Bertz CT molecular complexity index is 1170. The monoisotopic (exact) mass is 403 g/mol. The van der Waals surface area contributed by atoms with Crippen LogP contribution < -0.4 is 5.32 Å². The third kappa shape index (κ3) is 3.42. The van der Waals surface area contributed by atoms with Gasteiger partial charge >= 0.3 is 0 Å². The number of phenols is 1. The zero-order chi connectivity index (χ0) is 21.3. The highest BCUT2D eigenvalue weighted by molar-refractivity contribution is 5.95. The summed E-state index contributed by atoms with van der Waals surface area (Å²) in [7, 11) is 0. The number of nitriles is 1. The maximum atomic E-state index is 12.4. The average Bonchev–Trinajstić information content (AvgIpc) is 3.35.